The molecule has 0 fully saturated rings. The van der Waals surface area contributed by atoms with E-state index < -0.39 is 23.4 Å². The van der Waals surface area contributed by atoms with E-state index in [2.05, 4.69) is 5.32 Å². The first-order chi connectivity index (χ1) is 12.7. The molecule has 0 bridgehead atoms. The van der Waals surface area contributed by atoms with Gasteiger partial charge in [-0.25, -0.2) is 9.59 Å². The number of carbonyl (C=O) groups excluding carboxylic acids is 3. The SMILES string of the molecule is COC(=O)c1ccc(Cl)cc1NC(=O)C1(C)Cc2cc(C)ccc2C(=O)O1. The normalized spacial score (nSPS) is 18.3. The van der Waals surface area contributed by atoms with Gasteiger partial charge in [0.05, 0.1) is 23.9 Å². The van der Waals surface area contributed by atoms with Crippen molar-refractivity contribution >= 4 is 35.1 Å². The Bertz CT molecular complexity index is 955. The molecule has 1 aliphatic heterocycles. The number of benzene rings is 2. The average molecular weight is 388 g/mol. The molecule has 6 nitrogen and oxygen atoms in total. The van der Waals surface area contributed by atoms with Crippen LogP contribution >= 0.6 is 11.6 Å². The van der Waals surface area contributed by atoms with Crippen molar-refractivity contribution in [1.82, 2.24) is 0 Å². The van der Waals surface area contributed by atoms with Crippen molar-refractivity contribution in [2.24, 2.45) is 0 Å². The van der Waals surface area contributed by atoms with Crippen LogP contribution in [0.1, 0.15) is 38.8 Å². The fourth-order valence-electron chi connectivity index (χ4n) is 3.02. The molecule has 1 unspecified atom stereocenters. The van der Waals surface area contributed by atoms with Crippen molar-refractivity contribution in [2.45, 2.75) is 25.9 Å². The minimum atomic E-state index is -1.42. The molecular formula is C20H18ClNO5. The van der Waals surface area contributed by atoms with Gasteiger partial charge in [-0.05, 0) is 43.7 Å². The van der Waals surface area contributed by atoms with E-state index >= 15 is 0 Å². The van der Waals surface area contributed by atoms with Crippen LogP contribution in [0.3, 0.4) is 0 Å². The summed E-state index contributed by atoms with van der Waals surface area (Å²) in [4.78, 5) is 37.2. The van der Waals surface area contributed by atoms with Gasteiger partial charge >= 0.3 is 11.9 Å². The number of esters is 2. The predicted octanol–water partition coefficient (Wildman–Crippen LogP) is 3.55. The van der Waals surface area contributed by atoms with Crippen molar-refractivity contribution in [2.75, 3.05) is 12.4 Å². The van der Waals surface area contributed by atoms with Crippen LogP contribution in [0.4, 0.5) is 5.69 Å². The summed E-state index contributed by atoms with van der Waals surface area (Å²) in [6, 6.07) is 9.79. The zero-order chi connectivity index (χ0) is 19.8. The molecule has 2 aromatic rings. The van der Waals surface area contributed by atoms with Gasteiger partial charge < -0.3 is 14.8 Å². The second kappa shape index (κ2) is 7.04. The van der Waals surface area contributed by atoms with E-state index in [1.165, 1.54) is 32.2 Å². The Balaban J connectivity index is 1.92. The third-order valence-electron chi connectivity index (χ3n) is 4.44. The molecule has 2 aromatic carbocycles. The maximum Gasteiger partial charge on any atom is 0.339 e. The summed E-state index contributed by atoms with van der Waals surface area (Å²) in [6.07, 6.45) is 0.218. The summed E-state index contributed by atoms with van der Waals surface area (Å²) in [7, 11) is 1.24. The Morgan fingerprint density at radius 2 is 1.96 bits per heavy atom. The largest absolute Gasteiger partial charge is 0.465 e. The fourth-order valence-corrected chi connectivity index (χ4v) is 3.19. The molecule has 0 spiro atoms. The summed E-state index contributed by atoms with van der Waals surface area (Å²) < 4.78 is 10.2. The van der Waals surface area contributed by atoms with Crippen molar-refractivity contribution in [3.63, 3.8) is 0 Å². The van der Waals surface area contributed by atoms with E-state index in [1.807, 2.05) is 19.1 Å². The Hall–Kier alpha value is -2.86. The lowest BCUT2D eigenvalue weighted by Gasteiger charge is -2.33. The Morgan fingerprint density at radius 3 is 2.67 bits per heavy atom. The quantitative estimate of drug-likeness (QED) is 0.814. The molecule has 0 saturated carbocycles. The number of methoxy groups -OCH3 is 1. The van der Waals surface area contributed by atoms with Crippen LogP contribution in [0.15, 0.2) is 36.4 Å². The Morgan fingerprint density at radius 1 is 1.22 bits per heavy atom. The standard InChI is InChI=1S/C20H18ClNO5/c1-11-4-6-14-12(8-11)10-20(2,27-18(14)24)19(25)22-16-9-13(21)5-7-15(16)17(23)26-3/h4-9H,10H2,1-3H3,(H,22,25). The van der Waals surface area contributed by atoms with Crippen molar-refractivity contribution in [1.29, 1.82) is 0 Å². The maximum atomic E-state index is 12.9. The number of nitrogens with one attached hydrogen (secondary N) is 1. The third kappa shape index (κ3) is 3.66. The van der Waals surface area contributed by atoms with Crippen LogP contribution in [-0.2, 0) is 20.7 Å². The maximum absolute atomic E-state index is 12.9. The van der Waals surface area contributed by atoms with E-state index in [0.29, 0.717) is 10.6 Å². The van der Waals surface area contributed by atoms with Gasteiger partial charge in [-0.15, -0.1) is 0 Å². The number of carbonyl (C=O) groups is 3. The van der Waals surface area contributed by atoms with Gasteiger partial charge in [-0.1, -0.05) is 29.3 Å². The molecule has 3 rings (SSSR count). The smallest absolute Gasteiger partial charge is 0.339 e. The topological polar surface area (TPSA) is 81.7 Å². The molecule has 7 heteroatoms. The van der Waals surface area contributed by atoms with Crippen LogP contribution in [0, 0.1) is 6.92 Å². The van der Waals surface area contributed by atoms with Gasteiger partial charge in [-0.3, -0.25) is 4.79 Å². The summed E-state index contributed by atoms with van der Waals surface area (Å²) in [5.74, 6) is -1.74. The van der Waals surface area contributed by atoms with Crippen molar-refractivity contribution in [3.05, 3.63) is 63.7 Å². The second-order valence-corrected chi connectivity index (χ2v) is 7.03. The van der Waals surface area contributed by atoms with Crippen LogP contribution in [0.2, 0.25) is 5.02 Å². The predicted molar refractivity (Wildman–Crippen MR) is 100 cm³/mol. The van der Waals surface area contributed by atoms with Crippen LogP contribution < -0.4 is 5.32 Å². The van der Waals surface area contributed by atoms with Gasteiger partial charge in [0.25, 0.3) is 5.91 Å². The molecule has 27 heavy (non-hydrogen) atoms. The number of rotatable bonds is 3. The average Bonchev–Trinajstić information content (AvgIpc) is 2.60. The zero-order valence-corrected chi connectivity index (χ0v) is 15.8. The molecular weight excluding hydrogens is 370 g/mol. The van der Waals surface area contributed by atoms with Gasteiger partial charge in [-0.2, -0.15) is 0 Å². The monoisotopic (exact) mass is 387 g/mol. The molecule has 0 aromatic heterocycles. The number of aryl methyl sites for hydroxylation is 1. The lowest BCUT2D eigenvalue weighted by atomic mass is 9.88. The lowest BCUT2D eigenvalue weighted by Crippen LogP contribution is -2.49. The van der Waals surface area contributed by atoms with Gasteiger partial charge in [0.1, 0.15) is 0 Å². The number of hydrogen-bond donors (Lipinski definition) is 1. The van der Waals surface area contributed by atoms with Gasteiger partial charge in [0.2, 0.25) is 0 Å². The Labute approximate surface area is 161 Å². The zero-order valence-electron chi connectivity index (χ0n) is 15.1. The first kappa shape index (κ1) is 18.9. The number of ether oxygens (including phenoxy) is 2. The van der Waals surface area contributed by atoms with Crippen LogP contribution in [-0.4, -0.2) is 30.6 Å². The van der Waals surface area contributed by atoms with Gasteiger partial charge in [0, 0.05) is 11.4 Å². The number of hydrogen-bond acceptors (Lipinski definition) is 5. The highest BCUT2D eigenvalue weighted by Gasteiger charge is 2.43. The highest BCUT2D eigenvalue weighted by atomic mass is 35.5. The van der Waals surface area contributed by atoms with Crippen molar-refractivity contribution < 1.29 is 23.9 Å². The van der Waals surface area contributed by atoms with E-state index in [9.17, 15) is 14.4 Å². The van der Waals surface area contributed by atoms with E-state index in [4.69, 9.17) is 21.1 Å². The number of anilines is 1. The molecule has 0 aliphatic carbocycles. The molecule has 140 valence electrons. The van der Waals surface area contributed by atoms with Crippen molar-refractivity contribution in [3.8, 4) is 0 Å². The van der Waals surface area contributed by atoms with E-state index in [0.717, 1.165) is 11.1 Å². The highest BCUT2D eigenvalue weighted by molar-refractivity contribution is 6.31. The first-order valence-electron chi connectivity index (χ1n) is 8.26. The molecule has 1 N–H and O–H groups in total. The molecule has 1 heterocycles. The highest BCUT2D eigenvalue weighted by Crippen LogP contribution is 2.31. The second-order valence-electron chi connectivity index (χ2n) is 6.59. The fraction of sp³-hybridized carbons (Fsp3) is 0.250. The number of halogens is 1. The minimum absolute atomic E-state index is 0.150. The summed E-state index contributed by atoms with van der Waals surface area (Å²) in [5.41, 5.74) is 1.08. The summed E-state index contributed by atoms with van der Waals surface area (Å²) in [5, 5.41) is 2.98. The number of cyclic esters (lactones) is 1. The van der Waals surface area contributed by atoms with Gasteiger partial charge in [0.15, 0.2) is 5.60 Å². The van der Waals surface area contributed by atoms with E-state index in [-0.39, 0.29) is 17.7 Å². The minimum Gasteiger partial charge on any atom is -0.465 e. The first-order valence-corrected chi connectivity index (χ1v) is 8.63. The van der Waals surface area contributed by atoms with Crippen LogP contribution in [0.25, 0.3) is 0 Å². The lowest BCUT2D eigenvalue weighted by molar-refractivity contribution is -0.134. The molecule has 1 atom stereocenters. The molecule has 1 aliphatic rings. The summed E-state index contributed by atoms with van der Waals surface area (Å²) >= 11 is 5.99. The van der Waals surface area contributed by atoms with Crippen LogP contribution in [0.5, 0.6) is 0 Å². The number of fused-ring (bicyclic) bond motifs is 1. The molecule has 0 radical (unpaired) electrons. The number of amides is 1. The molecule has 0 saturated heterocycles. The third-order valence-corrected chi connectivity index (χ3v) is 4.68. The summed E-state index contributed by atoms with van der Waals surface area (Å²) in [6.45, 7) is 3.44. The van der Waals surface area contributed by atoms with E-state index in [1.54, 1.807) is 6.07 Å². The molecule has 1 amide bonds. The Kier molecular flexibility index (Phi) is 4.93.